The Morgan fingerprint density at radius 3 is 2.43 bits per heavy atom. The van der Waals surface area contributed by atoms with Crippen molar-refractivity contribution in [1.82, 2.24) is 0 Å². The smallest absolute Gasteiger partial charge is 0.204 e. The maximum absolute atomic E-state index is 13.2. The quantitative estimate of drug-likeness (QED) is 0.636. The Balaban J connectivity index is 2.30. The molecule has 0 saturated carbocycles. The van der Waals surface area contributed by atoms with Crippen LogP contribution in [0.5, 0.6) is 23.0 Å². The summed E-state index contributed by atoms with van der Waals surface area (Å²) in [6.45, 7) is 3.91. The number of ether oxygens (including phenoxy) is 2. The molecule has 0 aliphatic rings. The van der Waals surface area contributed by atoms with E-state index in [1.807, 2.05) is 19.9 Å². The Morgan fingerprint density at radius 1 is 1.07 bits per heavy atom. The second kappa shape index (κ2) is 7.68. The third-order valence-corrected chi connectivity index (χ3v) is 4.51. The molecule has 0 unspecified atom stereocenters. The molecule has 0 fully saturated rings. The second-order valence-electron chi connectivity index (χ2n) is 6.63. The van der Waals surface area contributed by atoms with Crippen molar-refractivity contribution in [3.05, 3.63) is 58.0 Å². The minimum absolute atomic E-state index is 0.0161. The van der Waals surface area contributed by atoms with Crippen molar-refractivity contribution in [2.75, 3.05) is 14.2 Å². The van der Waals surface area contributed by atoms with E-state index in [0.717, 1.165) is 5.57 Å². The van der Waals surface area contributed by atoms with Crippen molar-refractivity contribution in [1.29, 1.82) is 0 Å². The van der Waals surface area contributed by atoms with E-state index >= 15 is 0 Å². The fraction of sp³-hybridized carbons (Fsp3) is 0.227. The summed E-state index contributed by atoms with van der Waals surface area (Å²) in [7, 11) is 2.95. The van der Waals surface area contributed by atoms with Gasteiger partial charge < -0.3 is 24.1 Å². The molecule has 3 rings (SSSR count). The molecule has 0 amide bonds. The predicted octanol–water partition coefficient (Wildman–Crippen LogP) is 4.40. The summed E-state index contributed by atoms with van der Waals surface area (Å²) in [5, 5.41) is 20.6. The molecule has 1 aromatic heterocycles. The highest BCUT2D eigenvalue weighted by atomic mass is 16.5. The van der Waals surface area contributed by atoms with E-state index < -0.39 is 5.43 Å². The van der Waals surface area contributed by atoms with Crippen molar-refractivity contribution < 1.29 is 24.1 Å². The first-order valence-electron chi connectivity index (χ1n) is 8.72. The zero-order valence-electron chi connectivity index (χ0n) is 16.2. The van der Waals surface area contributed by atoms with Crippen LogP contribution in [0.4, 0.5) is 0 Å². The fourth-order valence-electron chi connectivity index (χ4n) is 3.06. The van der Waals surface area contributed by atoms with Gasteiger partial charge in [-0.1, -0.05) is 11.6 Å². The van der Waals surface area contributed by atoms with Gasteiger partial charge in [0.25, 0.3) is 0 Å². The molecule has 0 atom stereocenters. The first-order chi connectivity index (χ1) is 13.4. The molecule has 0 spiro atoms. The Hall–Kier alpha value is -3.41. The van der Waals surface area contributed by atoms with Crippen LogP contribution >= 0.6 is 0 Å². The van der Waals surface area contributed by atoms with Gasteiger partial charge in [0.15, 0.2) is 0 Å². The molecule has 0 radical (unpaired) electrons. The summed E-state index contributed by atoms with van der Waals surface area (Å²) >= 11 is 0. The number of benzene rings is 2. The van der Waals surface area contributed by atoms with Gasteiger partial charge in [0, 0.05) is 23.3 Å². The lowest BCUT2D eigenvalue weighted by Crippen LogP contribution is -2.07. The Bertz CT molecular complexity index is 1120. The zero-order chi connectivity index (χ0) is 20.4. The minimum atomic E-state index is -0.399. The Labute approximate surface area is 162 Å². The molecule has 6 nitrogen and oxygen atoms in total. The molecule has 0 saturated heterocycles. The standard InChI is InChI=1S/C22H22O6/c1-12(2)5-7-15-18(27-4)10-19-20(21(15)24)22(25)16(11-28-19)14-8-6-13(23)9-17(14)26-3/h5-6,8-11,23-24H,7H2,1-4H3. The topological polar surface area (TPSA) is 89.1 Å². The van der Waals surface area contributed by atoms with Crippen LogP contribution in [0.3, 0.4) is 0 Å². The Morgan fingerprint density at radius 2 is 1.79 bits per heavy atom. The van der Waals surface area contributed by atoms with Gasteiger partial charge in [0.2, 0.25) is 5.43 Å². The molecule has 1 heterocycles. The number of aromatic hydroxyl groups is 2. The van der Waals surface area contributed by atoms with Crippen LogP contribution in [-0.4, -0.2) is 24.4 Å². The van der Waals surface area contributed by atoms with Crippen LogP contribution in [0, 0.1) is 0 Å². The van der Waals surface area contributed by atoms with Crippen LogP contribution in [0.15, 0.2) is 51.4 Å². The number of hydrogen-bond acceptors (Lipinski definition) is 6. The van der Waals surface area contributed by atoms with E-state index in [1.165, 1.54) is 32.6 Å². The van der Waals surface area contributed by atoms with Crippen LogP contribution in [0.2, 0.25) is 0 Å². The summed E-state index contributed by atoms with van der Waals surface area (Å²) in [5.74, 6) is 0.618. The molecule has 0 bridgehead atoms. The maximum atomic E-state index is 13.2. The normalized spacial score (nSPS) is 10.7. The lowest BCUT2D eigenvalue weighted by Gasteiger charge is -2.13. The van der Waals surface area contributed by atoms with Crippen molar-refractivity contribution in [2.24, 2.45) is 0 Å². The van der Waals surface area contributed by atoms with Gasteiger partial charge in [-0.2, -0.15) is 0 Å². The molecule has 0 aliphatic heterocycles. The van der Waals surface area contributed by atoms with E-state index in [1.54, 1.807) is 12.1 Å². The molecule has 28 heavy (non-hydrogen) atoms. The van der Waals surface area contributed by atoms with Crippen LogP contribution in [0.1, 0.15) is 19.4 Å². The summed E-state index contributed by atoms with van der Waals surface area (Å²) in [4.78, 5) is 13.2. The number of rotatable bonds is 5. The Kier molecular flexibility index (Phi) is 5.31. The number of methoxy groups -OCH3 is 2. The molecule has 2 aromatic carbocycles. The molecular formula is C22H22O6. The molecule has 0 aliphatic carbocycles. The SMILES string of the molecule is COc1cc(O)ccc1-c1coc2cc(OC)c(CC=C(C)C)c(O)c2c1=O. The first-order valence-corrected chi connectivity index (χ1v) is 8.72. The average molecular weight is 382 g/mol. The molecule has 146 valence electrons. The van der Waals surface area contributed by atoms with E-state index in [-0.39, 0.29) is 28.0 Å². The molecule has 2 N–H and O–H groups in total. The first kappa shape index (κ1) is 19.4. The number of fused-ring (bicyclic) bond motifs is 1. The lowest BCUT2D eigenvalue weighted by molar-refractivity contribution is 0.401. The van der Waals surface area contributed by atoms with Gasteiger partial charge in [0.1, 0.15) is 40.2 Å². The van der Waals surface area contributed by atoms with E-state index in [2.05, 4.69) is 0 Å². The second-order valence-corrected chi connectivity index (χ2v) is 6.63. The van der Waals surface area contributed by atoms with Gasteiger partial charge in [-0.05, 0) is 32.4 Å². The third-order valence-electron chi connectivity index (χ3n) is 4.51. The van der Waals surface area contributed by atoms with Crippen LogP contribution in [-0.2, 0) is 6.42 Å². The highest BCUT2D eigenvalue weighted by Crippen LogP contribution is 2.38. The molecule has 3 aromatic rings. The van der Waals surface area contributed by atoms with Crippen molar-refractivity contribution in [2.45, 2.75) is 20.3 Å². The van der Waals surface area contributed by atoms with Crippen molar-refractivity contribution in [3.8, 4) is 34.1 Å². The maximum Gasteiger partial charge on any atom is 0.204 e. The van der Waals surface area contributed by atoms with Crippen LogP contribution < -0.4 is 14.9 Å². The zero-order valence-corrected chi connectivity index (χ0v) is 16.2. The third kappa shape index (κ3) is 3.41. The summed E-state index contributed by atoms with van der Waals surface area (Å²) in [6.07, 6.45) is 3.67. The van der Waals surface area contributed by atoms with Gasteiger partial charge in [-0.15, -0.1) is 0 Å². The van der Waals surface area contributed by atoms with E-state index in [4.69, 9.17) is 13.9 Å². The van der Waals surface area contributed by atoms with Gasteiger partial charge in [-0.25, -0.2) is 0 Å². The van der Waals surface area contributed by atoms with Crippen molar-refractivity contribution in [3.63, 3.8) is 0 Å². The molecular weight excluding hydrogens is 360 g/mol. The highest BCUT2D eigenvalue weighted by Gasteiger charge is 2.20. The van der Waals surface area contributed by atoms with E-state index in [0.29, 0.717) is 29.0 Å². The van der Waals surface area contributed by atoms with Crippen molar-refractivity contribution >= 4 is 11.0 Å². The monoisotopic (exact) mass is 382 g/mol. The van der Waals surface area contributed by atoms with Crippen LogP contribution in [0.25, 0.3) is 22.1 Å². The van der Waals surface area contributed by atoms with E-state index in [9.17, 15) is 15.0 Å². The summed E-state index contributed by atoms with van der Waals surface area (Å²) in [6, 6.07) is 6.03. The van der Waals surface area contributed by atoms with Gasteiger partial charge >= 0.3 is 0 Å². The number of phenolic OH excluding ortho intramolecular Hbond substituents is 2. The minimum Gasteiger partial charge on any atom is -0.508 e. The highest BCUT2D eigenvalue weighted by molar-refractivity contribution is 5.90. The lowest BCUT2D eigenvalue weighted by atomic mass is 10.0. The summed E-state index contributed by atoms with van der Waals surface area (Å²) in [5.41, 5.74) is 2.09. The number of hydrogen-bond donors (Lipinski definition) is 2. The molecule has 6 heteroatoms. The predicted molar refractivity (Wildman–Crippen MR) is 107 cm³/mol. The average Bonchev–Trinajstić information content (AvgIpc) is 2.67. The number of allylic oxidation sites excluding steroid dienone is 2. The summed E-state index contributed by atoms with van der Waals surface area (Å²) < 4.78 is 16.3. The number of phenols is 2. The largest absolute Gasteiger partial charge is 0.508 e. The fourth-order valence-corrected chi connectivity index (χ4v) is 3.06. The van der Waals surface area contributed by atoms with Gasteiger partial charge in [0.05, 0.1) is 19.8 Å². The van der Waals surface area contributed by atoms with Gasteiger partial charge in [-0.3, -0.25) is 4.79 Å².